The van der Waals surface area contributed by atoms with Crippen LogP contribution in [0.3, 0.4) is 0 Å². The minimum Gasteiger partial charge on any atom is -0.494 e. The fraction of sp³-hybridized carbons (Fsp3) is 0.600. The fourth-order valence-corrected chi connectivity index (χ4v) is 2.59. The number of benzene rings is 1. The average molecular weight is 343 g/mol. The van der Waals surface area contributed by atoms with Crippen molar-refractivity contribution in [1.29, 1.82) is 0 Å². The molecule has 0 unspecified atom stereocenters. The van der Waals surface area contributed by atoms with E-state index in [0.717, 1.165) is 16.6 Å². The molecule has 4 rings (SSSR count). The predicted octanol–water partition coefficient (Wildman–Crippen LogP) is 3.35. The van der Waals surface area contributed by atoms with Gasteiger partial charge in [0.25, 0.3) is 5.97 Å². The second-order valence-corrected chi connectivity index (χ2v) is 6.68. The van der Waals surface area contributed by atoms with Crippen LogP contribution in [0.5, 0.6) is 5.75 Å². The number of hydrogen-bond acceptors (Lipinski definition) is 4. The largest absolute Gasteiger partial charge is 0.494 e. The van der Waals surface area contributed by atoms with Crippen LogP contribution in [0, 0.1) is 5.41 Å². The summed E-state index contributed by atoms with van der Waals surface area (Å²) in [5.74, 6) is 0.0363. The zero-order chi connectivity index (χ0) is 14.1. The molecular formula is C15H19BrO4. The van der Waals surface area contributed by atoms with Crippen LogP contribution < -0.4 is 4.74 Å². The SMILES string of the molecule is CC12COC(CCCOc3ccc(Br)cc3)(OC1)OC2. The lowest BCUT2D eigenvalue weighted by molar-refractivity contribution is -0.467. The highest BCUT2D eigenvalue weighted by Gasteiger charge is 2.49. The van der Waals surface area contributed by atoms with Crippen molar-refractivity contribution in [2.45, 2.75) is 25.7 Å². The molecule has 3 fully saturated rings. The zero-order valence-electron chi connectivity index (χ0n) is 11.6. The second kappa shape index (κ2) is 5.64. The zero-order valence-corrected chi connectivity index (χ0v) is 13.1. The Hall–Kier alpha value is -0.620. The molecular weight excluding hydrogens is 324 g/mol. The Morgan fingerprint density at radius 1 is 1.10 bits per heavy atom. The summed E-state index contributed by atoms with van der Waals surface area (Å²) in [6.07, 6.45) is 1.52. The minimum atomic E-state index is -0.833. The number of fused-ring (bicyclic) bond motifs is 3. The summed E-state index contributed by atoms with van der Waals surface area (Å²) in [4.78, 5) is 0. The molecule has 3 heterocycles. The van der Waals surface area contributed by atoms with Gasteiger partial charge in [0, 0.05) is 16.3 Å². The molecule has 3 aliphatic rings. The van der Waals surface area contributed by atoms with Gasteiger partial charge in [0.05, 0.1) is 26.4 Å². The van der Waals surface area contributed by atoms with E-state index in [1.165, 1.54) is 0 Å². The highest BCUT2D eigenvalue weighted by atomic mass is 79.9. The van der Waals surface area contributed by atoms with Gasteiger partial charge in [-0.15, -0.1) is 0 Å². The number of halogens is 1. The molecule has 0 radical (unpaired) electrons. The molecule has 5 heteroatoms. The summed E-state index contributed by atoms with van der Waals surface area (Å²) in [6, 6.07) is 7.82. The first-order chi connectivity index (χ1) is 9.59. The number of hydrogen-bond donors (Lipinski definition) is 0. The van der Waals surface area contributed by atoms with Crippen molar-refractivity contribution in [3.05, 3.63) is 28.7 Å². The third-order valence-corrected chi connectivity index (χ3v) is 4.16. The highest BCUT2D eigenvalue weighted by molar-refractivity contribution is 9.10. The van der Waals surface area contributed by atoms with E-state index in [2.05, 4.69) is 22.9 Å². The second-order valence-electron chi connectivity index (χ2n) is 5.77. The number of ether oxygens (including phenoxy) is 4. The van der Waals surface area contributed by atoms with E-state index < -0.39 is 5.97 Å². The third kappa shape index (κ3) is 3.17. The molecule has 0 spiro atoms. The van der Waals surface area contributed by atoms with Crippen LogP contribution in [0.15, 0.2) is 28.7 Å². The van der Waals surface area contributed by atoms with Gasteiger partial charge in [0.1, 0.15) is 5.75 Å². The lowest BCUT2D eigenvalue weighted by Gasteiger charge is -2.50. The number of rotatable bonds is 5. The van der Waals surface area contributed by atoms with Crippen LogP contribution in [0.1, 0.15) is 19.8 Å². The maximum Gasteiger partial charge on any atom is 0.283 e. The van der Waals surface area contributed by atoms with E-state index in [9.17, 15) is 0 Å². The van der Waals surface area contributed by atoms with Gasteiger partial charge in [-0.2, -0.15) is 0 Å². The summed E-state index contributed by atoms with van der Waals surface area (Å²) in [5.41, 5.74) is 0.0235. The van der Waals surface area contributed by atoms with E-state index in [1.807, 2.05) is 24.3 Å². The molecule has 0 saturated carbocycles. The molecule has 0 atom stereocenters. The van der Waals surface area contributed by atoms with E-state index >= 15 is 0 Å². The molecule has 110 valence electrons. The topological polar surface area (TPSA) is 36.9 Å². The first-order valence-corrected chi connectivity index (χ1v) is 7.69. The van der Waals surface area contributed by atoms with Crippen molar-refractivity contribution in [1.82, 2.24) is 0 Å². The lowest BCUT2D eigenvalue weighted by atomic mass is 9.91. The quantitative estimate of drug-likeness (QED) is 0.769. The Kier molecular flexibility index (Phi) is 4.04. The predicted molar refractivity (Wildman–Crippen MR) is 77.6 cm³/mol. The van der Waals surface area contributed by atoms with E-state index in [-0.39, 0.29) is 5.41 Å². The Labute approximate surface area is 127 Å². The maximum absolute atomic E-state index is 5.73. The Balaban J connectivity index is 1.43. The lowest BCUT2D eigenvalue weighted by Crippen LogP contribution is -2.58. The smallest absolute Gasteiger partial charge is 0.283 e. The van der Waals surface area contributed by atoms with Crippen LogP contribution in [0.2, 0.25) is 0 Å². The van der Waals surface area contributed by atoms with Gasteiger partial charge in [-0.25, -0.2) is 0 Å². The molecule has 0 N–H and O–H groups in total. The van der Waals surface area contributed by atoms with Gasteiger partial charge < -0.3 is 18.9 Å². The first kappa shape index (κ1) is 14.3. The maximum atomic E-state index is 5.73. The van der Waals surface area contributed by atoms with Gasteiger partial charge in [0.2, 0.25) is 0 Å². The molecule has 20 heavy (non-hydrogen) atoms. The molecule has 1 aromatic carbocycles. The van der Waals surface area contributed by atoms with E-state index in [0.29, 0.717) is 32.8 Å². The van der Waals surface area contributed by atoms with Crippen LogP contribution in [-0.2, 0) is 14.2 Å². The van der Waals surface area contributed by atoms with Crippen molar-refractivity contribution in [2.75, 3.05) is 26.4 Å². The normalized spacial score (nSPS) is 32.3. The highest BCUT2D eigenvalue weighted by Crippen LogP contribution is 2.40. The summed E-state index contributed by atoms with van der Waals surface area (Å²) in [7, 11) is 0. The summed E-state index contributed by atoms with van der Waals surface area (Å²) >= 11 is 3.40. The van der Waals surface area contributed by atoms with Gasteiger partial charge >= 0.3 is 0 Å². The van der Waals surface area contributed by atoms with E-state index in [4.69, 9.17) is 18.9 Å². The Morgan fingerprint density at radius 2 is 1.70 bits per heavy atom. The van der Waals surface area contributed by atoms with Gasteiger partial charge in [0.15, 0.2) is 0 Å². The van der Waals surface area contributed by atoms with Gasteiger partial charge in [-0.05, 0) is 30.7 Å². The Morgan fingerprint density at radius 3 is 2.30 bits per heavy atom. The molecule has 0 aliphatic carbocycles. The Bertz CT molecular complexity index is 435. The molecule has 2 bridgehead atoms. The van der Waals surface area contributed by atoms with Crippen molar-refractivity contribution in [3.8, 4) is 5.75 Å². The average Bonchev–Trinajstić information content (AvgIpc) is 2.47. The summed E-state index contributed by atoms with van der Waals surface area (Å²) < 4.78 is 23.9. The van der Waals surface area contributed by atoms with Crippen molar-refractivity contribution in [2.24, 2.45) is 5.41 Å². The third-order valence-electron chi connectivity index (χ3n) is 3.63. The van der Waals surface area contributed by atoms with Gasteiger partial charge in [-0.1, -0.05) is 22.9 Å². The van der Waals surface area contributed by atoms with Crippen LogP contribution in [0.4, 0.5) is 0 Å². The van der Waals surface area contributed by atoms with Crippen molar-refractivity contribution >= 4 is 15.9 Å². The monoisotopic (exact) mass is 342 g/mol. The molecule has 3 aliphatic heterocycles. The molecule has 3 saturated heterocycles. The van der Waals surface area contributed by atoms with Crippen LogP contribution in [0.25, 0.3) is 0 Å². The summed E-state index contributed by atoms with van der Waals surface area (Å²) in [6.45, 7) is 4.87. The minimum absolute atomic E-state index is 0.0235. The molecule has 4 nitrogen and oxygen atoms in total. The van der Waals surface area contributed by atoms with Crippen LogP contribution in [-0.4, -0.2) is 32.4 Å². The first-order valence-electron chi connectivity index (χ1n) is 6.90. The van der Waals surface area contributed by atoms with Crippen molar-refractivity contribution in [3.63, 3.8) is 0 Å². The molecule has 0 amide bonds. The summed E-state index contributed by atoms with van der Waals surface area (Å²) in [5, 5.41) is 0. The molecule has 1 aromatic rings. The van der Waals surface area contributed by atoms with Crippen molar-refractivity contribution < 1.29 is 18.9 Å². The van der Waals surface area contributed by atoms with Crippen LogP contribution >= 0.6 is 15.9 Å². The van der Waals surface area contributed by atoms with Gasteiger partial charge in [-0.3, -0.25) is 0 Å². The molecule has 0 aromatic heterocycles. The standard InChI is InChI=1S/C15H19BrO4/c1-14-9-18-15(19-10-14,20-11-14)7-2-8-17-13-5-3-12(16)4-6-13/h3-6H,2,7-11H2,1H3. The fourth-order valence-electron chi connectivity index (χ4n) is 2.33. The van der Waals surface area contributed by atoms with E-state index in [1.54, 1.807) is 0 Å².